The van der Waals surface area contributed by atoms with E-state index in [0.29, 0.717) is 12.8 Å². The van der Waals surface area contributed by atoms with E-state index in [4.69, 9.17) is 0 Å². The Labute approximate surface area is 116 Å². The first kappa shape index (κ1) is 15.7. The highest BCUT2D eigenvalue weighted by Gasteiger charge is 2.36. The average molecular weight is 262 g/mol. The molecule has 2 heteroatoms. The molecule has 0 aliphatic rings. The minimum atomic E-state index is -0.647. The number of unbranched alkanes of at least 4 members (excludes halogenated alkanes) is 1. The van der Waals surface area contributed by atoms with E-state index in [9.17, 15) is 9.90 Å². The van der Waals surface area contributed by atoms with E-state index in [1.54, 1.807) is 0 Å². The zero-order chi connectivity index (χ0) is 14.5. The van der Waals surface area contributed by atoms with Gasteiger partial charge < -0.3 is 5.11 Å². The van der Waals surface area contributed by atoms with Gasteiger partial charge in [-0.25, -0.2) is 0 Å². The number of hydrogen-bond donors (Lipinski definition) is 1. The number of benzene rings is 1. The first-order valence-electron chi connectivity index (χ1n) is 7.25. The van der Waals surface area contributed by atoms with E-state index in [2.05, 4.69) is 32.9 Å². The third-order valence-corrected chi connectivity index (χ3v) is 4.30. The summed E-state index contributed by atoms with van der Waals surface area (Å²) >= 11 is 0. The fraction of sp³-hybridized carbons (Fsp3) is 0.588. The van der Waals surface area contributed by atoms with Crippen LogP contribution in [0.1, 0.15) is 56.2 Å². The van der Waals surface area contributed by atoms with E-state index in [0.717, 1.165) is 19.3 Å². The molecular formula is C17H26O2. The largest absolute Gasteiger partial charge is 0.481 e. The minimum Gasteiger partial charge on any atom is -0.481 e. The number of carboxylic acid groups (broad SMARTS) is 1. The van der Waals surface area contributed by atoms with Gasteiger partial charge in [0.15, 0.2) is 0 Å². The van der Waals surface area contributed by atoms with Crippen molar-refractivity contribution in [1.29, 1.82) is 0 Å². The van der Waals surface area contributed by atoms with Crippen LogP contribution in [0.25, 0.3) is 0 Å². The van der Waals surface area contributed by atoms with Gasteiger partial charge in [-0.15, -0.1) is 0 Å². The van der Waals surface area contributed by atoms with Crippen LogP contribution in [-0.4, -0.2) is 11.1 Å². The number of rotatable bonds is 7. The molecule has 0 aliphatic heterocycles. The zero-order valence-corrected chi connectivity index (χ0v) is 12.6. The molecule has 106 valence electrons. The second-order valence-corrected chi connectivity index (χ2v) is 5.59. The first-order valence-corrected chi connectivity index (χ1v) is 7.25. The van der Waals surface area contributed by atoms with Crippen molar-refractivity contribution >= 4 is 5.97 Å². The molecule has 0 heterocycles. The normalized spacial score (nSPS) is 14.1. The monoisotopic (exact) mass is 262 g/mol. The predicted octanol–water partition coefficient (Wildman–Crippen LogP) is 4.52. The molecule has 0 saturated carbocycles. The molecule has 0 aromatic heterocycles. The van der Waals surface area contributed by atoms with Gasteiger partial charge in [0.2, 0.25) is 0 Å². The molecule has 0 spiro atoms. The molecule has 1 unspecified atom stereocenters. The summed E-state index contributed by atoms with van der Waals surface area (Å²) in [6.07, 6.45) is 4.13. The van der Waals surface area contributed by atoms with Gasteiger partial charge in [0, 0.05) is 0 Å². The Morgan fingerprint density at radius 1 is 1.21 bits per heavy atom. The Morgan fingerprint density at radius 3 is 2.21 bits per heavy atom. The summed E-state index contributed by atoms with van der Waals surface area (Å²) in [5.41, 5.74) is 3.02. The SMILES string of the molecule is CCCCC(CC)(Cc1c(C)cccc1C)C(=O)O. The van der Waals surface area contributed by atoms with Crippen molar-refractivity contribution in [2.24, 2.45) is 5.41 Å². The van der Waals surface area contributed by atoms with Gasteiger partial charge in [0.05, 0.1) is 5.41 Å². The first-order chi connectivity index (χ1) is 8.96. The van der Waals surface area contributed by atoms with Crippen molar-refractivity contribution in [2.45, 2.75) is 59.8 Å². The molecule has 0 radical (unpaired) electrons. The van der Waals surface area contributed by atoms with Crippen molar-refractivity contribution in [3.05, 3.63) is 34.9 Å². The Morgan fingerprint density at radius 2 is 1.79 bits per heavy atom. The second kappa shape index (κ2) is 6.74. The molecule has 0 amide bonds. The maximum Gasteiger partial charge on any atom is 0.309 e. The van der Waals surface area contributed by atoms with Crippen molar-refractivity contribution in [1.82, 2.24) is 0 Å². The van der Waals surface area contributed by atoms with Crippen LogP contribution in [0.4, 0.5) is 0 Å². The Balaban J connectivity index is 3.10. The molecule has 1 aromatic carbocycles. The van der Waals surface area contributed by atoms with Crippen LogP contribution < -0.4 is 0 Å². The zero-order valence-electron chi connectivity index (χ0n) is 12.6. The molecule has 0 aliphatic carbocycles. The quantitative estimate of drug-likeness (QED) is 0.784. The molecule has 1 aromatic rings. The fourth-order valence-corrected chi connectivity index (χ4v) is 2.71. The Bertz CT molecular complexity index is 417. The molecule has 0 saturated heterocycles. The predicted molar refractivity (Wildman–Crippen MR) is 79.5 cm³/mol. The third kappa shape index (κ3) is 3.59. The van der Waals surface area contributed by atoms with Gasteiger partial charge in [-0.3, -0.25) is 4.79 Å². The third-order valence-electron chi connectivity index (χ3n) is 4.30. The number of carbonyl (C=O) groups is 1. The summed E-state index contributed by atoms with van der Waals surface area (Å²) < 4.78 is 0. The molecular weight excluding hydrogens is 236 g/mol. The highest BCUT2D eigenvalue weighted by Crippen LogP contribution is 2.35. The van der Waals surface area contributed by atoms with E-state index >= 15 is 0 Å². The van der Waals surface area contributed by atoms with Crippen LogP contribution in [0.5, 0.6) is 0 Å². The molecule has 1 rings (SSSR count). The van der Waals surface area contributed by atoms with Crippen LogP contribution >= 0.6 is 0 Å². The number of hydrogen-bond acceptors (Lipinski definition) is 1. The molecule has 1 atom stereocenters. The average Bonchev–Trinajstić information content (AvgIpc) is 2.37. The summed E-state index contributed by atoms with van der Waals surface area (Å²) in [7, 11) is 0. The summed E-state index contributed by atoms with van der Waals surface area (Å²) in [5, 5.41) is 9.69. The lowest BCUT2D eigenvalue weighted by Gasteiger charge is -2.29. The highest BCUT2D eigenvalue weighted by molar-refractivity contribution is 5.75. The van der Waals surface area contributed by atoms with Gasteiger partial charge >= 0.3 is 5.97 Å². The number of aliphatic carboxylic acids is 1. The van der Waals surface area contributed by atoms with Gasteiger partial charge in [0.25, 0.3) is 0 Å². The van der Waals surface area contributed by atoms with Gasteiger partial charge in [-0.05, 0) is 49.8 Å². The standard InChI is InChI=1S/C17H26O2/c1-5-7-11-17(6-2,16(18)19)12-15-13(3)9-8-10-14(15)4/h8-10H,5-7,11-12H2,1-4H3,(H,18,19). The molecule has 2 nitrogen and oxygen atoms in total. The lowest BCUT2D eigenvalue weighted by atomic mass is 9.74. The fourth-order valence-electron chi connectivity index (χ4n) is 2.71. The second-order valence-electron chi connectivity index (χ2n) is 5.59. The van der Waals surface area contributed by atoms with Crippen molar-refractivity contribution in [3.8, 4) is 0 Å². The minimum absolute atomic E-state index is 0.604. The molecule has 1 N–H and O–H groups in total. The summed E-state index contributed by atoms with van der Waals surface area (Å²) in [5.74, 6) is -0.647. The number of carboxylic acids is 1. The van der Waals surface area contributed by atoms with Gasteiger partial charge in [0.1, 0.15) is 0 Å². The van der Waals surface area contributed by atoms with Crippen LogP contribution in [0.3, 0.4) is 0 Å². The van der Waals surface area contributed by atoms with E-state index < -0.39 is 11.4 Å². The van der Waals surface area contributed by atoms with Crippen molar-refractivity contribution in [3.63, 3.8) is 0 Å². The summed E-state index contributed by atoms with van der Waals surface area (Å²) in [6, 6.07) is 6.18. The summed E-state index contributed by atoms with van der Waals surface area (Å²) in [4.78, 5) is 11.8. The molecule has 0 fully saturated rings. The van der Waals surface area contributed by atoms with Gasteiger partial charge in [-0.2, -0.15) is 0 Å². The van der Waals surface area contributed by atoms with Crippen LogP contribution in [0.15, 0.2) is 18.2 Å². The van der Waals surface area contributed by atoms with Crippen LogP contribution in [-0.2, 0) is 11.2 Å². The lowest BCUT2D eigenvalue weighted by Crippen LogP contribution is -2.33. The maximum absolute atomic E-state index is 11.8. The van der Waals surface area contributed by atoms with Crippen molar-refractivity contribution in [2.75, 3.05) is 0 Å². The summed E-state index contributed by atoms with van der Waals surface area (Å²) in [6.45, 7) is 8.26. The topological polar surface area (TPSA) is 37.3 Å². The van der Waals surface area contributed by atoms with Crippen LogP contribution in [0.2, 0.25) is 0 Å². The Kier molecular flexibility index (Phi) is 5.59. The lowest BCUT2D eigenvalue weighted by molar-refractivity contribution is -0.149. The van der Waals surface area contributed by atoms with E-state index in [1.807, 2.05) is 13.0 Å². The van der Waals surface area contributed by atoms with Crippen molar-refractivity contribution < 1.29 is 9.90 Å². The smallest absolute Gasteiger partial charge is 0.309 e. The highest BCUT2D eigenvalue weighted by atomic mass is 16.4. The van der Waals surface area contributed by atoms with Crippen LogP contribution in [0, 0.1) is 19.3 Å². The molecule has 0 bridgehead atoms. The van der Waals surface area contributed by atoms with E-state index in [1.165, 1.54) is 16.7 Å². The molecule has 19 heavy (non-hydrogen) atoms. The van der Waals surface area contributed by atoms with Gasteiger partial charge in [-0.1, -0.05) is 44.9 Å². The maximum atomic E-state index is 11.8. The van der Waals surface area contributed by atoms with E-state index in [-0.39, 0.29) is 0 Å². The number of aryl methyl sites for hydroxylation is 2. The Hall–Kier alpha value is -1.31.